The summed E-state index contributed by atoms with van der Waals surface area (Å²) in [5, 5.41) is 11.9. The minimum atomic E-state index is -1.35. The highest BCUT2D eigenvalue weighted by Crippen LogP contribution is 2.20. The molecule has 48 heavy (non-hydrogen) atoms. The monoisotopic (exact) mass is 652 g/mol. The van der Waals surface area contributed by atoms with E-state index in [0.29, 0.717) is 17.5 Å². The van der Waals surface area contributed by atoms with Crippen LogP contribution < -0.4 is 31.7 Å². The van der Waals surface area contributed by atoms with Crippen molar-refractivity contribution in [2.24, 2.45) is 5.73 Å². The Bertz CT molecular complexity index is 1760. The Kier molecular flexibility index (Phi) is 11.8. The van der Waals surface area contributed by atoms with Crippen LogP contribution in [-0.4, -0.2) is 65.3 Å². The van der Waals surface area contributed by atoms with Crippen LogP contribution in [0.15, 0.2) is 91.0 Å². The third kappa shape index (κ3) is 10.1. The number of carbonyl (C=O) groups is 5. The van der Waals surface area contributed by atoms with Gasteiger partial charge in [-0.3, -0.25) is 24.0 Å². The second kappa shape index (κ2) is 16.2. The van der Waals surface area contributed by atoms with Crippen molar-refractivity contribution in [3.05, 3.63) is 108 Å². The molecule has 0 spiro atoms. The molecule has 0 aliphatic carbocycles. The summed E-state index contributed by atoms with van der Waals surface area (Å²) in [6.07, 6.45) is 0.253. The lowest BCUT2D eigenvalue weighted by molar-refractivity contribution is -0.127. The zero-order chi connectivity index (χ0) is 34.7. The third-order valence-electron chi connectivity index (χ3n) is 7.29. The zero-order valence-corrected chi connectivity index (χ0v) is 27.1. The number of primary amides is 1. The number of rotatable bonds is 15. The van der Waals surface area contributed by atoms with E-state index in [0.717, 1.165) is 10.9 Å². The topological polar surface area (TPSA) is 182 Å². The summed E-state index contributed by atoms with van der Waals surface area (Å²) in [5.41, 5.74) is 6.76. The summed E-state index contributed by atoms with van der Waals surface area (Å²) in [7, 11) is 0. The fourth-order valence-electron chi connectivity index (χ4n) is 5.02. The van der Waals surface area contributed by atoms with Gasteiger partial charge in [-0.05, 0) is 57.0 Å². The number of nitrogens with two attached hydrogens (primary N) is 1. The second-order valence-corrected chi connectivity index (χ2v) is 12.3. The van der Waals surface area contributed by atoms with E-state index in [1.807, 2.05) is 63.2 Å². The molecule has 250 valence electrons. The molecule has 12 nitrogen and oxygen atoms in total. The number of hydrogen-bond donors (Lipinski definition) is 5. The molecule has 0 unspecified atom stereocenters. The molecule has 0 fully saturated rings. The van der Waals surface area contributed by atoms with E-state index >= 15 is 0 Å². The van der Waals surface area contributed by atoms with E-state index < -0.39 is 47.8 Å². The van der Waals surface area contributed by atoms with E-state index in [1.165, 1.54) is 6.07 Å². The Morgan fingerprint density at radius 2 is 1.52 bits per heavy atom. The molecule has 5 amide bonds. The van der Waals surface area contributed by atoms with Gasteiger partial charge < -0.3 is 31.7 Å². The molecule has 3 atom stereocenters. The van der Waals surface area contributed by atoms with Crippen LogP contribution in [0.4, 0.5) is 0 Å². The molecule has 3 aromatic carbocycles. The lowest BCUT2D eigenvalue weighted by Crippen LogP contribution is -2.58. The largest absolute Gasteiger partial charge is 0.491 e. The Hall–Kier alpha value is -5.78. The number of benzene rings is 3. The number of fused-ring (bicyclic) bond motifs is 1. The number of pyridine rings is 1. The van der Waals surface area contributed by atoms with Crippen molar-refractivity contribution in [2.75, 3.05) is 6.61 Å². The van der Waals surface area contributed by atoms with Crippen molar-refractivity contribution < 1.29 is 28.7 Å². The first-order valence-corrected chi connectivity index (χ1v) is 15.5. The highest BCUT2D eigenvalue weighted by Gasteiger charge is 2.30. The van der Waals surface area contributed by atoms with Crippen LogP contribution in [0.25, 0.3) is 10.9 Å². The smallest absolute Gasteiger partial charge is 0.270 e. The van der Waals surface area contributed by atoms with Gasteiger partial charge in [0, 0.05) is 10.9 Å². The van der Waals surface area contributed by atoms with Crippen LogP contribution in [0, 0.1) is 0 Å². The number of carbonyl (C=O) groups excluding carboxylic acids is 5. The van der Waals surface area contributed by atoms with Crippen LogP contribution >= 0.6 is 0 Å². The maximum Gasteiger partial charge on any atom is 0.270 e. The van der Waals surface area contributed by atoms with Gasteiger partial charge >= 0.3 is 0 Å². The number of hydrogen-bond acceptors (Lipinski definition) is 7. The highest BCUT2D eigenvalue weighted by atomic mass is 16.5. The molecule has 1 heterocycles. The lowest BCUT2D eigenvalue weighted by Gasteiger charge is -2.30. The molecule has 6 N–H and O–H groups in total. The highest BCUT2D eigenvalue weighted by molar-refractivity contribution is 5.99. The van der Waals surface area contributed by atoms with Gasteiger partial charge in [0.2, 0.25) is 18.2 Å². The minimum absolute atomic E-state index is 0.0554. The van der Waals surface area contributed by atoms with Gasteiger partial charge in [-0.2, -0.15) is 0 Å². The average molecular weight is 653 g/mol. The number of para-hydroxylation sites is 2. The molecular weight excluding hydrogens is 612 g/mol. The maximum absolute atomic E-state index is 13.8. The maximum atomic E-state index is 13.8. The normalized spacial score (nSPS) is 13.0. The summed E-state index contributed by atoms with van der Waals surface area (Å²) in [5.74, 6) is -2.23. The molecule has 4 rings (SSSR count). The van der Waals surface area contributed by atoms with E-state index in [1.54, 1.807) is 42.5 Å². The predicted octanol–water partition coefficient (Wildman–Crippen LogP) is 2.66. The summed E-state index contributed by atoms with van der Waals surface area (Å²) in [6.45, 7) is 5.45. The first-order valence-electron chi connectivity index (χ1n) is 15.5. The van der Waals surface area contributed by atoms with E-state index in [2.05, 4.69) is 26.3 Å². The zero-order valence-electron chi connectivity index (χ0n) is 27.1. The van der Waals surface area contributed by atoms with Crippen molar-refractivity contribution in [1.29, 1.82) is 0 Å². The Morgan fingerprint density at radius 3 is 2.23 bits per heavy atom. The number of ether oxygens (including phenoxy) is 1. The number of nitrogens with zero attached hydrogens (tertiary/aromatic N) is 1. The molecule has 0 aliphatic rings. The van der Waals surface area contributed by atoms with Gasteiger partial charge in [-0.25, -0.2) is 4.98 Å². The van der Waals surface area contributed by atoms with Crippen molar-refractivity contribution in [2.45, 2.75) is 57.3 Å². The summed E-state index contributed by atoms with van der Waals surface area (Å²) < 4.78 is 6.08. The number of amides is 5. The molecule has 12 heteroatoms. The predicted molar refractivity (Wildman–Crippen MR) is 181 cm³/mol. The molecule has 0 radical (unpaired) electrons. The quantitative estimate of drug-likeness (QED) is 0.122. The van der Waals surface area contributed by atoms with Crippen LogP contribution in [-0.2, 0) is 20.8 Å². The Balaban J connectivity index is 1.57. The van der Waals surface area contributed by atoms with E-state index in [-0.39, 0.29) is 30.4 Å². The average Bonchev–Trinajstić information content (AvgIpc) is 3.05. The first-order chi connectivity index (χ1) is 22.9. The van der Waals surface area contributed by atoms with Gasteiger partial charge in [0.15, 0.2) is 0 Å². The lowest BCUT2D eigenvalue weighted by atomic mass is 9.98. The number of aromatic nitrogens is 1. The fraction of sp³-hybridized carbons (Fsp3) is 0.278. The molecule has 0 aliphatic heterocycles. The Labute approximate surface area is 278 Å². The van der Waals surface area contributed by atoms with Gasteiger partial charge in [0.05, 0.1) is 29.6 Å². The SMILES string of the molecule is CC(C)(C)NC(=O)c1ccccc1OC[C@@H](NC=O)[C@H](Cc1ccccc1)NC(=O)[C@H](CC(N)=O)NC(=O)c1ccc2ccccc2n1. The fourth-order valence-corrected chi connectivity index (χ4v) is 5.02. The third-order valence-corrected chi connectivity index (χ3v) is 7.29. The first kappa shape index (κ1) is 35.1. The molecule has 0 bridgehead atoms. The van der Waals surface area contributed by atoms with Crippen molar-refractivity contribution >= 4 is 40.9 Å². The van der Waals surface area contributed by atoms with Crippen molar-refractivity contribution in [3.63, 3.8) is 0 Å². The van der Waals surface area contributed by atoms with Crippen LogP contribution in [0.5, 0.6) is 5.75 Å². The van der Waals surface area contributed by atoms with Crippen LogP contribution in [0.3, 0.4) is 0 Å². The molecule has 4 aromatic rings. The summed E-state index contributed by atoms with van der Waals surface area (Å²) >= 11 is 0. The van der Waals surface area contributed by atoms with Crippen LogP contribution in [0.2, 0.25) is 0 Å². The Morgan fingerprint density at radius 1 is 0.833 bits per heavy atom. The van der Waals surface area contributed by atoms with E-state index in [4.69, 9.17) is 10.5 Å². The molecule has 0 saturated heterocycles. The second-order valence-electron chi connectivity index (χ2n) is 12.3. The molecule has 1 aromatic heterocycles. The summed E-state index contributed by atoms with van der Waals surface area (Å²) in [4.78, 5) is 68.2. The van der Waals surface area contributed by atoms with Gasteiger partial charge in [0.25, 0.3) is 11.8 Å². The van der Waals surface area contributed by atoms with Crippen molar-refractivity contribution in [3.8, 4) is 5.75 Å². The van der Waals surface area contributed by atoms with E-state index in [9.17, 15) is 24.0 Å². The summed E-state index contributed by atoms with van der Waals surface area (Å²) in [6, 6.07) is 23.5. The number of nitrogens with one attached hydrogen (secondary N) is 4. The molecular formula is C36H40N6O6. The van der Waals surface area contributed by atoms with Gasteiger partial charge in [0.1, 0.15) is 24.1 Å². The van der Waals surface area contributed by atoms with Crippen LogP contribution in [0.1, 0.15) is 53.6 Å². The van der Waals surface area contributed by atoms with Gasteiger partial charge in [-0.1, -0.05) is 66.7 Å². The van der Waals surface area contributed by atoms with Crippen molar-refractivity contribution in [1.82, 2.24) is 26.3 Å². The standard InChI is InChI=1S/C36H40N6O6/c1-36(2,3)42-33(45)25-14-8-10-16-31(25)48-21-30(38-22-43)28(19-23-11-5-4-6-12-23)40-35(47)29(20-32(37)44)41-34(46)27-18-17-24-13-7-9-15-26(24)39-27/h4-18,22,28-30H,19-21H2,1-3H3,(H2,37,44)(H,38,43)(H,40,47)(H,41,46)(H,42,45)/t28-,29-,30+/m0/s1. The molecule has 0 saturated carbocycles. The van der Waals surface area contributed by atoms with Gasteiger partial charge in [-0.15, -0.1) is 0 Å². The minimum Gasteiger partial charge on any atom is -0.491 e.